The number of methoxy groups -OCH3 is 1. The zero-order valence-corrected chi connectivity index (χ0v) is 14.0. The zero-order valence-electron chi connectivity index (χ0n) is 14.0. The van der Waals surface area contributed by atoms with E-state index >= 15 is 0 Å². The van der Waals surface area contributed by atoms with Crippen LogP contribution in [0.4, 0.5) is 4.79 Å². The molecule has 0 aromatic carbocycles. The summed E-state index contributed by atoms with van der Waals surface area (Å²) >= 11 is 0. The Kier molecular flexibility index (Phi) is 4.63. The molecule has 3 N–H and O–H groups in total. The average Bonchev–Trinajstić information content (AvgIpc) is 2.32. The number of carboxylic acid groups (broad SMARTS) is 1. The molecule has 0 radical (unpaired) electrons. The summed E-state index contributed by atoms with van der Waals surface area (Å²) in [6, 6.07) is -0.326. The summed E-state index contributed by atoms with van der Waals surface area (Å²) in [5.41, 5.74) is -2.08. The third-order valence-electron chi connectivity index (χ3n) is 5.29. The first-order chi connectivity index (χ1) is 9.36. The lowest BCUT2D eigenvalue weighted by Crippen LogP contribution is -2.66. The number of hydrogen-bond donors (Lipinski definition) is 3. The number of nitrogens with one attached hydrogen (secondary N) is 2. The monoisotopic (exact) mass is 300 g/mol. The summed E-state index contributed by atoms with van der Waals surface area (Å²) < 4.78 is 5.35. The van der Waals surface area contributed by atoms with Crippen LogP contribution in [0.2, 0.25) is 0 Å². The number of carbonyl (C=O) groups is 2. The summed E-state index contributed by atoms with van der Waals surface area (Å²) in [6.45, 7) is 10.7. The minimum atomic E-state index is -1.07. The van der Waals surface area contributed by atoms with Crippen molar-refractivity contribution >= 4 is 12.0 Å². The Labute approximate surface area is 126 Å². The molecule has 2 unspecified atom stereocenters. The second-order valence-corrected chi connectivity index (χ2v) is 7.49. The van der Waals surface area contributed by atoms with E-state index in [1.54, 1.807) is 34.8 Å². The molecule has 1 rings (SSSR count). The Bertz CT molecular complexity index is 429. The summed E-state index contributed by atoms with van der Waals surface area (Å²) in [5, 5.41) is 15.0. The molecule has 0 heterocycles. The van der Waals surface area contributed by atoms with Crippen LogP contribution in [0.25, 0.3) is 0 Å². The Balaban J connectivity index is 2.65. The van der Waals surface area contributed by atoms with E-state index in [0.29, 0.717) is 0 Å². The normalized spacial score (nSPS) is 24.9. The summed E-state index contributed by atoms with van der Waals surface area (Å²) in [7, 11) is 1.67. The van der Waals surface area contributed by atoms with Crippen LogP contribution in [0.15, 0.2) is 0 Å². The number of carboxylic acids is 1. The maximum absolute atomic E-state index is 12.2. The minimum absolute atomic E-state index is 0.0196. The fraction of sp³-hybridized carbons (Fsp3) is 0.867. The third-order valence-corrected chi connectivity index (χ3v) is 5.29. The largest absolute Gasteiger partial charge is 0.481 e. The van der Waals surface area contributed by atoms with Gasteiger partial charge in [0.15, 0.2) is 0 Å². The van der Waals surface area contributed by atoms with Crippen LogP contribution in [0.1, 0.15) is 48.0 Å². The molecule has 6 nitrogen and oxygen atoms in total. The van der Waals surface area contributed by atoms with Crippen molar-refractivity contribution < 1.29 is 19.4 Å². The van der Waals surface area contributed by atoms with Crippen molar-refractivity contribution in [2.24, 2.45) is 10.8 Å². The van der Waals surface area contributed by atoms with Crippen molar-refractivity contribution in [1.29, 1.82) is 0 Å². The van der Waals surface area contributed by atoms with Crippen molar-refractivity contribution in [3.63, 3.8) is 0 Å². The van der Waals surface area contributed by atoms with Crippen LogP contribution in [-0.4, -0.2) is 41.9 Å². The van der Waals surface area contributed by atoms with E-state index in [1.165, 1.54) is 0 Å². The van der Waals surface area contributed by atoms with Crippen molar-refractivity contribution in [3.05, 3.63) is 0 Å². The Morgan fingerprint density at radius 2 is 1.76 bits per heavy atom. The van der Waals surface area contributed by atoms with Gasteiger partial charge in [-0.3, -0.25) is 4.79 Å². The molecule has 0 bridgehead atoms. The molecule has 0 aliphatic heterocycles. The van der Waals surface area contributed by atoms with Gasteiger partial charge in [-0.2, -0.15) is 0 Å². The molecule has 0 saturated heterocycles. The summed E-state index contributed by atoms with van der Waals surface area (Å²) in [4.78, 5) is 23.5. The van der Waals surface area contributed by atoms with Gasteiger partial charge in [-0.15, -0.1) is 0 Å². The van der Waals surface area contributed by atoms with Gasteiger partial charge in [-0.05, 0) is 34.1 Å². The van der Waals surface area contributed by atoms with Gasteiger partial charge in [-0.25, -0.2) is 4.79 Å². The number of ether oxygens (including phenoxy) is 1. The first kappa shape index (κ1) is 17.8. The predicted octanol–water partition coefficient (Wildman–Crippen LogP) is 1.99. The smallest absolute Gasteiger partial charge is 0.315 e. The van der Waals surface area contributed by atoms with E-state index in [1.807, 2.05) is 13.8 Å². The lowest BCUT2D eigenvalue weighted by Gasteiger charge is -2.51. The van der Waals surface area contributed by atoms with Crippen molar-refractivity contribution in [2.45, 2.75) is 65.6 Å². The highest BCUT2D eigenvalue weighted by molar-refractivity contribution is 5.80. The first-order valence-electron chi connectivity index (χ1n) is 7.21. The van der Waals surface area contributed by atoms with Gasteiger partial charge in [0.2, 0.25) is 0 Å². The van der Waals surface area contributed by atoms with Crippen LogP contribution in [0.5, 0.6) is 0 Å². The van der Waals surface area contributed by atoms with E-state index in [0.717, 1.165) is 6.42 Å². The molecule has 1 fully saturated rings. The Morgan fingerprint density at radius 1 is 1.24 bits per heavy atom. The van der Waals surface area contributed by atoms with E-state index in [9.17, 15) is 14.7 Å². The maximum Gasteiger partial charge on any atom is 0.315 e. The number of urea groups is 1. The van der Waals surface area contributed by atoms with Crippen molar-refractivity contribution in [1.82, 2.24) is 10.6 Å². The van der Waals surface area contributed by atoms with E-state index in [2.05, 4.69) is 10.6 Å². The molecule has 1 aliphatic rings. The van der Waals surface area contributed by atoms with E-state index in [-0.39, 0.29) is 23.6 Å². The molecule has 21 heavy (non-hydrogen) atoms. The van der Waals surface area contributed by atoms with Gasteiger partial charge in [0.1, 0.15) is 0 Å². The molecule has 0 aromatic heterocycles. The summed E-state index contributed by atoms with van der Waals surface area (Å²) in [5.74, 6) is -0.948. The van der Waals surface area contributed by atoms with Crippen LogP contribution >= 0.6 is 0 Å². The Hall–Kier alpha value is -1.30. The van der Waals surface area contributed by atoms with Crippen LogP contribution < -0.4 is 10.6 Å². The van der Waals surface area contributed by atoms with Gasteiger partial charge < -0.3 is 20.5 Å². The number of rotatable bonds is 5. The molecule has 122 valence electrons. The zero-order chi connectivity index (χ0) is 16.6. The second-order valence-electron chi connectivity index (χ2n) is 7.49. The van der Waals surface area contributed by atoms with Gasteiger partial charge >= 0.3 is 12.0 Å². The molecule has 2 amide bonds. The highest BCUT2D eigenvalue weighted by atomic mass is 16.5. The molecule has 0 aromatic rings. The predicted molar refractivity (Wildman–Crippen MR) is 80.1 cm³/mol. The number of hydrogen-bond acceptors (Lipinski definition) is 3. The fourth-order valence-electron chi connectivity index (χ4n) is 2.43. The number of aliphatic carboxylic acids is 1. The molecule has 1 aliphatic carbocycles. The first-order valence-corrected chi connectivity index (χ1v) is 7.21. The highest BCUT2D eigenvalue weighted by Gasteiger charge is 2.50. The quantitative estimate of drug-likeness (QED) is 0.724. The van der Waals surface area contributed by atoms with Gasteiger partial charge in [0.25, 0.3) is 0 Å². The molecule has 2 atom stereocenters. The lowest BCUT2D eigenvalue weighted by molar-refractivity contribution is -0.150. The average molecular weight is 300 g/mol. The molecular weight excluding hydrogens is 272 g/mol. The SMILES string of the molecule is COC1CC(NC(=O)NC(C)(C)C(C)(C)C(=O)O)C1(C)C. The van der Waals surface area contributed by atoms with E-state index in [4.69, 9.17) is 4.74 Å². The molecule has 0 spiro atoms. The second kappa shape index (κ2) is 5.48. The topological polar surface area (TPSA) is 87.7 Å². The minimum Gasteiger partial charge on any atom is -0.481 e. The van der Waals surface area contributed by atoms with Gasteiger partial charge in [0, 0.05) is 18.6 Å². The molecule has 1 saturated carbocycles. The van der Waals surface area contributed by atoms with Crippen molar-refractivity contribution in [3.8, 4) is 0 Å². The molecular formula is C15H28N2O4. The van der Waals surface area contributed by atoms with Gasteiger partial charge in [-0.1, -0.05) is 13.8 Å². The van der Waals surface area contributed by atoms with Gasteiger partial charge in [0.05, 0.1) is 17.1 Å². The number of carbonyl (C=O) groups excluding carboxylic acids is 1. The maximum atomic E-state index is 12.2. The Morgan fingerprint density at radius 3 is 2.14 bits per heavy atom. The third kappa shape index (κ3) is 3.15. The number of amides is 2. The van der Waals surface area contributed by atoms with Crippen LogP contribution in [0.3, 0.4) is 0 Å². The van der Waals surface area contributed by atoms with Crippen LogP contribution in [0, 0.1) is 10.8 Å². The fourth-order valence-corrected chi connectivity index (χ4v) is 2.43. The highest BCUT2D eigenvalue weighted by Crippen LogP contribution is 2.42. The van der Waals surface area contributed by atoms with E-state index < -0.39 is 16.9 Å². The summed E-state index contributed by atoms with van der Waals surface area (Å²) in [6.07, 6.45) is 0.894. The standard InChI is InChI=1S/C15H28N2O4/c1-13(2)9(8-10(13)21-7)16-12(20)17-15(5,6)14(3,4)11(18)19/h9-10H,8H2,1-7H3,(H,18,19)(H2,16,17,20). The van der Waals surface area contributed by atoms with Crippen LogP contribution in [-0.2, 0) is 9.53 Å². The lowest BCUT2D eigenvalue weighted by atomic mass is 9.64. The van der Waals surface area contributed by atoms with Crippen molar-refractivity contribution in [2.75, 3.05) is 7.11 Å². The molecule has 6 heteroatoms.